The van der Waals surface area contributed by atoms with E-state index < -0.39 is 22.5 Å². The molecule has 0 aromatic heterocycles. The van der Waals surface area contributed by atoms with E-state index >= 15 is 0 Å². The summed E-state index contributed by atoms with van der Waals surface area (Å²) in [4.78, 5) is 10.9. The van der Waals surface area contributed by atoms with E-state index in [4.69, 9.17) is 9.84 Å². The Hall–Kier alpha value is -1.44. The number of carboxylic acid groups (broad SMARTS) is 1. The second-order valence-corrected chi connectivity index (χ2v) is 6.49. The zero-order valence-corrected chi connectivity index (χ0v) is 12.6. The smallest absolute Gasteiger partial charge is 0.318 e. The third-order valence-corrected chi connectivity index (χ3v) is 4.51. The molecule has 0 spiro atoms. The maximum absolute atomic E-state index is 12.5. The van der Waals surface area contributed by atoms with Gasteiger partial charge in [0.1, 0.15) is 6.54 Å². The molecule has 20 heavy (non-hydrogen) atoms. The molecule has 1 N–H and O–H groups in total. The van der Waals surface area contributed by atoms with Crippen molar-refractivity contribution in [3.05, 3.63) is 29.3 Å². The van der Waals surface area contributed by atoms with Crippen molar-refractivity contribution in [3.8, 4) is 0 Å². The lowest BCUT2D eigenvalue weighted by atomic mass is 10.2. The highest BCUT2D eigenvalue weighted by Gasteiger charge is 2.26. The van der Waals surface area contributed by atoms with Gasteiger partial charge in [-0.3, -0.25) is 4.79 Å². The minimum Gasteiger partial charge on any atom is -0.480 e. The first-order valence-electron chi connectivity index (χ1n) is 6.06. The zero-order chi connectivity index (χ0) is 15.3. The van der Waals surface area contributed by atoms with Gasteiger partial charge in [0.25, 0.3) is 0 Å². The Bertz CT molecular complexity index is 562. The predicted molar refractivity (Wildman–Crippen MR) is 74.2 cm³/mol. The molecule has 0 saturated carbocycles. The van der Waals surface area contributed by atoms with Crippen LogP contribution in [0.15, 0.2) is 23.1 Å². The molecule has 1 aromatic rings. The van der Waals surface area contributed by atoms with Gasteiger partial charge in [-0.25, -0.2) is 8.42 Å². The van der Waals surface area contributed by atoms with Crippen LogP contribution in [-0.4, -0.2) is 50.6 Å². The summed E-state index contributed by atoms with van der Waals surface area (Å²) < 4.78 is 30.7. The number of carboxylic acids is 1. The molecule has 1 aromatic carbocycles. The number of carbonyl (C=O) groups is 1. The number of rotatable bonds is 7. The van der Waals surface area contributed by atoms with Gasteiger partial charge in [0.2, 0.25) is 10.0 Å². The molecular weight excluding hydrogens is 282 g/mol. The number of nitrogens with zero attached hydrogens (tertiary/aromatic N) is 1. The SMILES string of the molecule is COCCN(CC(=O)O)S(=O)(=O)c1cc(C)cc(C)c1. The zero-order valence-electron chi connectivity index (χ0n) is 11.8. The van der Waals surface area contributed by atoms with Gasteiger partial charge in [-0.15, -0.1) is 0 Å². The maximum atomic E-state index is 12.5. The number of sulfonamides is 1. The van der Waals surface area contributed by atoms with Crippen molar-refractivity contribution in [2.24, 2.45) is 0 Å². The second-order valence-electron chi connectivity index (χ2n) is 4.55. The Labute approximate surface area is 119 Å². The molecule has 0 unspecified atom stereocenters. The molecule has 0 aliphatic carbocycles. The standard InChI is InChI=1S/C13H19NO5S/c1-10-6-11(2)8-12(7-10)20(17,18)14(4-5-19-3)9-13(15)16/h6-8H,4-5,9H2,1-3H3,(H,15,16). The van der Waals surface area contributed by atoms with Gasteiger partial charge >= 0.3 is 5.97 Å². The Morgan fingerprint density at radius 3 is 2.25 bits per heavy atom. The van der Waals surface area contributed by atoms with E-state index in [0.717, 1.165) is 15.4 Å². The van der Waals surface area contributed by atoms with Gasteiger partial charge in [0, 0.05) is 13.7 Å². The lowest BCUT2D eigenvalue weighted by Gasteiger charge is -2.20. The van der Waals surface area contributed by atoms with E-state index in [1.54, 1.807) is 13.8 Å². The Balaban J connectivity index is 3.17. The van der Waals surface area contributed by atoms with E-state index in [1.807, 2.05) is 6.07 Å². The normalized spacial score (nSPS) is 11.8. The molecule has 1 rings (SSSR count). The molecule has 6 nitrogen and oxygen atoms in total. The quantitative estimate of drug-likeness (QED) is 0.813. The average Bonchev–Trinajstić information content (AvgIpc) is 2.32. The van der Waals surface area contributed by atoms with Crippen LogP contribution in [0.3, 0.4) is 0 Å². The van der Waals surface area contributed by atoms with E-state index in [1.165, 1.54) is 19.2 Å². The monoisotopic (exact) mass is 301 g/mol. The molecule has 0 aliphatic rings. The van der Waals surface area contributed by atoms with Crippen molar-refractivity contribution in [1.82, 2.24) is 4.31 Å². The molecule has 0 atom stereocenters. The van der Waals surface area contributed by atoms with Crippen molar-refractivity contribution >= 4 is 16.0 Å². The highest BCUT2D eigenvalue weighted by atomic mass is 32.2. The summed E-state index contributed by atoms with van der Waals surface area (Å²) in [5.41, 5.74) is 1.62. The lowest BCUT2D eigenvalue weighted by Crippen LogP contribution is -2.38. The van der Waals surface area contributed by atoms with Crippen LogP contribution in [-0.2, 0) is 19.6 Å². The highest BCUT2D eigenvalue weighted by molar-refractivity contribution is 7.89. The van der Waals surface area contributed by atoms with Crippen molar-refractivity contribution in [1.29, 1.82) is 0 Å². The summed E-state index contributed by atoms with van der Waals surface area (Å²) in [6.45, 7) is 3.14. The van der Waals surface area contributed by atoms with Gasteiger partial charge in [0.15, 0.2) is 0 Å². The van der Waals surface area contributed by atoms with Gasteiger partial charge in [-0.2, -0.15) is 4.31 Å². The fourth-order valence-electron chi connectivity index (χ4n) is 1.86. The summed E-state index contributed by atoms with van der Waals surface area (Å²) in [7, 11) is -2.41. The molecule has 0 bridgehead atoms. The van der Waals surface area contributed by atoms with Crippen LogP contribution in [0.5, 0.6) is 0 Å². The summed E-state index contributed by atoms with van der Waals surface area (Å²) in [6.07, 6.45) is 0. The van der Waals surface area contributed by atoms with Crippen LogP contribution < -0.4 is 0 Å². The van der Waals surface area contributed by atoms with Crippen LogP contribution in [0, 0.1) is 13.8 Å². The molecule has 0 aliphatic heterocycles. The first-order chi connectivity index (χ1) is 9.27. The fraction of sp³-hybridized carbons (Fsp3) is 0.462. The number of hydrogen-bond donors (Lipinski definition) is 1. The molecule has 0 amide bonds. The van der Waals surface area contributed by atoms with Gasteiger partial charge in [-0.1, -0.05) is 6.07 Å². The highest BCUT2D eigenvalue weighted by Crippen LogP contribution is 2.18. The molecule has 0 heterocycles. The number of ether oxygens (including phenoxy) is 1. The fourth-order valence-corrected chi connectivity index (χ4v) is 3.42. The average molecular weight is 301 g/mol. The van der Waals surface area contributed by atoms with Crippen molar-refractivity contribution in [2.75, 3.05) is 26.8 Å². The minimum atomic E-state index is -3.84. The Morgan fingerprint density at radius 2 is 1.80 bits per heavy atom. The van der Waals surface area contributed by atoms with Gasteiger partial charge in [-0.05, 0) is 37.1 Å². The Morgan fingerprint density at radius 1 is 1.25 bits per heavy atom. The van der Waals surface area contributed by atoms with Gasteiger partial charge < -0.3 is 9.84 Å². The van der Waals surface area contributed by atoms with Gasteiger partial charge in [0.05, 0.1) is 11.5 Å². The largest absolute Gasteiger partial charge is 0.480 e. The van der Waals surface area contributed by atoms with E-state index in [9.17, 15) is 13.2 Å². The molecule has 0 fully saturated rings. The number of aliphatic carboxylic acids is 1. The Kier molecular flexibility index (Phi) is 5.67. The molecular formula is C13H19NO5S. The topological polar surface area (TPSA) is 83.9 Å². The summed E-state index contributed by atoms with van der Waals surface area (Å²) in [5, 5.41) is 8.86. The molecule has 0 radical (unpaired) electrons. The predicted octanol–water partition coefficient (Wildman–Crippen LogP) is 1.03. The van der Waals surface area contributed by atoms with Crippen LogP contribution >= 0.6 is 0 Å². The van der Waals surface area contributed by atoms with Crippen molar-refractivity contribution in [2.45, 2.75) is 18.7 Å². The maximum Gasteiger partial charge on any atom is 0.318 e. The molecule has 112 valence electrons. The van der Waals surface area contributed by atoms with E-state index in [0.29, 0.717) is 0 Å². The lowest BCUT2D eigenvalue weighted by molar-refractivity contribution is -0.137. The van der Waals surface area contributed by atoms with E-state index in [-0.39, 0.29) is 18.0 Å². The van der Waals surface area contributed by atoms with Crippen LogP contribution in [0.1, 0.15) is 11.1 Å². The first kappa shape index (κ1) is 16.6. The summed E-state index contributed by atoms with van der Waals surface area (Å²) >= 11 is 0. The summed E-state index contributed by atoms with van der Waals surface area (Å²) in [6, 6.07) is 4.92. The third-order valence-electron chi connectivity index (χ3n) is 2.69. The third kappa shape index (κ3) is 4.29. The summed E-state index contributed by atoms with van der Waals surface area (Å²) in [5.74, 6) is -1.20. The van der Waals surface area contributed by atoms with Crippen LogP contribution in [0.25, 0.3) is 0 Å². The van der Waals surface area contributed by atoms with E-state index in [2.05, 4.69) is 0 Å². The van der Waals surface area contributed by atoms with Crippen LogP contribution in [0.2, 0.25) is 0 Å². The molecule has 7 heteroatoms. The number of hydrogen-bond acceptors (Lipinski definition) is 4. The minimum absolute atomic E-state index is 0.00186. The number of methoxy groups -OCH3 is 1. The molecule has 0 saturated heterocycles. The van der Waals surface area contributed by atoms with Crippen LogP contribution in [0.4, 0.5) is 0 Å². The number of benzene rings is 1. The second kappa shape index (κ2) is 6.83. The number of aryl methyl sites for hydroxylation is 2. The first-order valence-corrected chi connectivity index (χ1v) is 7.50. The van der Waals surface area contributed by atoms with Crippen molar-refractivity contribution in [3.63, 3.8) is 0 Å². The van der Waals surface area contributed by atoms with Crippen molar-refractivity contribution < 1.29 is 23.1 Å².